The summed E-state index contributed by atoms with van der Waals surface area (Å²) in [5.74, 6) is 0.640. The number of aromatic nitrogens is 2. The SMILES string of the molecule is CC(C)(C)[C@@H]1CCc2c(sc3nc(N/N=C\c4ccc(F)cc4)n(-c4ccccc4)c(=O)c23)C1. The maximum atomic E-state index is 13.8. The Kier molecular flexibility index (Phi) is 5.81. The Hall–Kier alpha value is -3.32. The largest absolute Gasteiger partial charge is 0.268 e. The molecule has 2 heterocycles. The van der Waals surface area contributed by atoms with Crippen LogP contribution >= 0.6 is 11.3 Å². The molecular weight excluding hydrogens is 447 g/mol. The highest BCUT2D eigenvalue weighted by molar-refractivity contribution is 7.18. The zero-order valence-electron chi connectivity index (χ0n) is 19.5. The molecule has 0 unspecified atom stereocenters. The second kappa shape index (κ2) is 8.80. The Morgan fingerprint density at radius 2 is 1.88 bits per heavy atom. The maximum absolute atomic E-state index is 13.8. The number of nitrogens with one attached hydrogen (secondary N) is 1. The molecule has 2 aromatic carbocycles. The normalized spacial score (nSPS) is 16.2. The Bertz CT molecular complexity index is 1420. The number of fused-ring (bicyclic) bond motifs is 3. The van der Waals surface area contributed by atoms with Crippen molar-refractivity contribution in [2.24, 2.45) is 16.4 Å². The number of aryl methyl sites for hydroxylation is 1. The lowest BCUT2D eigenvalue weighted by atomic mass is 9.72. The van der Waals surface area contributed by atoms with Crippen LogP contribution < -0.4 is 11.0 Å². The van der Waals surface area contributed by atoms with Crippen LogP contribution in [0.2, 0.25) is 0 Å². The molecule has 0 fully saturated rings. The molecule has 0 saturated carbocycles. The number of hydrogen-bond donors (Lipinski definition) is 1. The van der Waals surface area contributed by atoms with Gasteiger partial charge in [-0.15, -0.1) is 11.3 Å². The maximum Gasteiger partial charge on any atom is 0.268 e. The van der Waals surface area contributed by atoms with Crippen LogP contribution in [0.1, 0.15) is 43.2 Å². The number of thiophene rings is 1. The van der Waals surface area contributed by atoms with Crippen molar-refractivity contribution in [1.29, 1.82) is 0 Å². The summed E-state index contributed by atoms with van der Waals surface area (Å²) >= 11 is 1.63. The minimum atomic E-state index is -0.300. The summed E-state index contributed by atoms with van der Waals surface area (Å²) in [7, 11) is 0. The minimum Gasteiger partial charge on any atom is -0.268 e. The van der Waals surface area contributed by atoms with E-state index in [4.69, 9.17) is 4.98 Å². The van der Waals surface area contributed by atoms with E-state index in [1.807, 2.05) is 30.3 Å². The van der Waals surface area contributed by atoms with Crippen molar-refractivity contribution in [3.05, 3.63) is 86.8 Å². The molecule has 34 heavy (non-hydrogen) atoms. The van der Waals surface area contributed by atoms with E-state index in [1.54, 1.807) is 34.3 Å². The Labute approximate surface area is 202 Å². The number of anilines is 1. The number of hydrazone groups is 1. The average Bonchev–Trinajstić information content (AvgIpc) is 3.18. The molecular formula is C27H27FN4OS. The Morgan fingerprint density at radius 1 is 1.15 bits per heavy atom. The molecule has 5 nitrogen and oxygen atoms in total. The van der Waals surface area contributed by atoms with Gasteiger partial charge in [-0.2, -0.15) is 5.10 Å². The highest BCUT2D eigenvalue weighted by Gasteiger charge is 2.32. The molecule has 0 spiro atoms. The Balaban J connectivity index is 1.60. The fraction of sp³-hybridized carbons (Fsp3) is 0.296. The van der Waals surface area contributed by atoms with Crippen molar-refractivity contribution in [3.63, 3.8) is 0 Å². The molecule has 0 bridgehead atoms. The van der Waals surface area contributed by atoms with Crippen molar-refractivity contribution in [3.8, 4) is 5.69 Å². The average molecular weight is 475 g/mol. The van der Waals surface area contributed by atoms with Gasteiger partial charge in [0.25, 0.3) is 5.56 Å². The molecule has 1 atom stereocenters. The van der Waals surface area contributed by atoms with Crippen LogP contribution in [-0.4, -0.2) is 15.8 Å². The molecule has 0 radical (unpaired) electrons. The molecule has 5 rings (SSSR count). The first kappa shape index (κ1) is 22.5. The van der Waals surface area contributed by atoms with Gasteiger partial charge in [-0.25, -0.2) is 19.4 Å². The van der Waals surface area contributed by atoms with Gasteiger partial charge < -0.3 is 0 Å². The molecule has 174 valence electrons. The minimum absolute atomic E-state index is 0.0811. The third-order valence-corrected chi connectivity index (χ3v) is 7.72. The summed E-state index contributed by atoms with van der Waals surface area (Å²) in [5, 5.41) is 5.01. The van der Waals surface area contributed by atoms with Crippen LogP contribution in [0.15, 0.2) is 64.5 Å². The van der Waals surface area contributed by atoms with Gasteiger partial charge in [0.2, 0.25) is 5.95 Å². The number of halogens is 1. The number of para-hydroxylation sites is 1. The molecule has 0 amide bonds. The van der Waals surface area contributed by atoms with E-state index in [2.05, 4.69) is 31.3 Å². The van der Waals surface area contributed by atoms with Crippen LogP contribution in [0.5, 0.6) is 0 Å². The highest BCUT2D eigenvalue weighted by Crippen LogP contribution is 2.42. The van der Waals surface area contributed by atoms with Crippen molar-refractivity contribution >= 4 is 33.7 Å². The summed E-state index contributed by atoms with van der Waals surface area (Å²) in [4.78, 5) is 20.7. The fourth-order valence-electron chi connectivity index (χ4n) is 4.57. The van der Waals surface area contributed by atoms with Gasteiger partial charge in [0.15, 0.2) is 0 Å². The molecule has 1 aliphatic rings. The Morgan fingerprint density at radius 3 is 2.59 bits per heavy atom. The molecule has 4 aromatic rings. The van der Waals surface area contributed by atoms with E-state index < -0.39 is 0 Å². The van der Waals surface area contributed by atoms with Crippen molar-refractivity contribution in [2.45, 2.75) is 40.0 Å². The third-order valence-electron chi connectivity index (χ3n) is 6.57. The van der Waals surface area contributed by atoms with E-state index in [-0.39, 0.29) is 16.8 Å². The topological polar surface area (TPSA) is 59.3 Å². The van der Waals surface area contributed by atoms with E-state index in [9.17, 15) is 9.18 Å². The molecule has 1 N–H and O–H groups in total. The molecule has 2 aromatic heterocycles. The first-order chi connectivity index (χ1) is 16.3. The monoisotopic (exact) mass is 474 g/mol. The third kappa shape index (κ3) is 4.28. The first-order valence-corrected chi connectivity index (χ1v) is 12.3. The molecule has 0 aliphatic heterocycles. The lowest BCUT2D eigenvalue weighted by molar-refractivity contribution is 0.218. The fourth-order valence-corrected chi connectivity index (χ4v) is 5.86. The van der Waals surface area contributed by atoms with E-state index in [0.29, 0.717) is 11.9 Å². The lowest BCUT2D eigenvalue weighted by Gasteiger charge is -2.33. The zero-order chi connectivity index (χ0) is 23.9. The van der Waals surface area contributed by atoms with E-state index in [0.717, 1.165) is 46.3 Å². The van der Waals surface area contributed by atoms with Gasteiger partial charge in [0.05, 0.1) is 17.3 Å². The summed E-state index contributed by atoms with van der Waals surface area (Å²) < 4.78 is 14.8. The van der Waals surface area contributed by atoms with Crippen molar-refractivity contribution in [2.75, 3.05) is 5.43 Å². The highest BCUT2D eigenvalue weighted by atomic mass is 32.1. The second-order valence-corrected chi connectivity index (χ2v) is 10.9. The van der Waals surface area contributed by atoms with Crippen LogP contribution in [0.3, 0.4) is 0 Å². The number of rotatable bonds is 4. The number of nitrogens with zero attached hydrogens (tertiary/aromatic N) is 3. The van der Waals surface area contributed by atoms with Crippen LogP contribution in [-0.2, 0) is 12.8 Å². The number of hydrogen-bond acceptors (Lipinski definition) is 5. The van der Waals surface area contributed by atoms with Gasteiger partial charge in [-0.3, -0.25) is 4.79 Å². The number of benzene rings is 2. The van der Waals surface area contributed by atoms with Crippen molar-refractivity contribution < 1.29 is 4.39 Å². The summed E-state index contributed by atoms with van der Waals surface area (Å²) in [6.07, 6.45) is 4.54. The van der Waals surface area contributed by atoms with E-state index >= 15 is 0 Å². The van der Waals surface area contributed by atoms with E-state index in [1.165, 1.54) is 17.0 Å². The van der Waals surface area contributed by atoms with Crippen LogP contribution in [0.4, 0.5) is 10.3 Å². The summed E-state index contributed by atoms with van der Waals surface area (Å²) in [6, 6.07) is 15.5. The molecule has 1 aliphatic carbocycles. The zero-order valence-corrected chi connectivity index (χ0v) is 20.3. The van der Waals surface area contributed by atoms with Crippen LogP contribution in [0.25, 0.3) is 15.9 Å². The van der Waals surface area contributed by atoms with Crippen molar-refractivity contribution in [1.82, 2.24) is 9.55 Å². The smallest absolute Gasteiger partial charge is 0.268 e. The van der Waals surface area contributed by atoms with Gasteiger partial charge >= 0.3 is 0 Å². The second-order valence-electron chi connectivity index (χ2n) is 9.82. The predicted molar refractivity (Wildman–Crippen MR) is 138 cm³/mol. The quantitative estimate of drug-likeness (QED) is 0.284. The lowest BCUT2D eigenvalue weighted by Crippen LogP contribution is -2.27. The first-order valence-electron chi connectivity index (χ1n) is 11.5. The summed E-state index contributed by atoms with van der Waals surface area (Å²) in [6.45, 7) is 6.87. The molecule has 0 saturated heterocycles. The van der Waals surface area contributed by atoms with Gasteiger partial charge in [0.1, 0.15) is 10.6 Å². The summed E-state index contributed by atoms with van der Waals surface area (Å²) in [5.41, 5.74) is 5.73. The standard InChI is InChI=1S/C27H27FN4OS/c1-27(2,3)18-11-14-21-22(15-18)34-24-23(21)25(33)32(20-7-5-4-6-8-20)26(30-24)31-29-16-17-9-12-19(28)13-10-17/h4-10,12-13,16,18H,11,14-15H2,1-3H3,(H,30,31)/b29-16-/t18-/m1/s1. The van der Waals surface area contributed by atoms with Gasteiger partial charge in [-0.05, 0) is 66.0 Å². The predicted octanol–water partition coefficient (Wildman–Crippen LogP) is 6.18. The van der Waals surface area contributed by atoms with Gasteiger partial charge in [-0.1, -0.05) is 51.1 Å². The van der Waals surface area contributed by atoms with Crippen LogP contribution in [0, 0.1) is 17.2 Å². The molecule has 7 heteroatoms. The van der Waals surface area contributed by atoms with Gasteiger partial charge in [0, 0.05) is 4.88 Å².